The highest BCUT2D eigenvalue weighted by Gasteiger charge is 2.11. The summed E-state index contributed by atoms with van der Waals surface area (Å²) in [5, 5.41) is 3.64. The van der Waals surface area contributed by atoms with E-state index in [0.717, 1.165) is 19.3 Å². The van der Waals surface area contributed by atoms with Crippen LogP contribution in [0.5, 0.6) is 0 Å². The summed E-state index contributed by atoms with van der Waals surface area (Å²) in [6.45, 7) is 0. The van der Waals surface area contributed by atoms with Gasteiger partial charge in [-0.2, -0.15) is 0 Å². The van der Waals surface area contributed by atoms with Crippen molar-refractivity contribution in [1.82, 2.24) is 0 Å². The van der Waals surface area contributed by atoms with Crippen LogP contribution in [0.4, 0.5) is 5.69 Å². The number of nitrogens with one attached hydrogen (secondary N) is 1. The molecule has 2 aliphatic rings. The molecular weight excluding hydrogens is 302 g/mol. The van der Waals surface area contributed by atoms with Crippen LogP contribution in [-0.4, -0.2) is 0 Å². The van der Waals surface area contributed by atoms with Crippen molar-refractivity contribution < 1.29 is 0 Å². The summed E-state index contributed by atoms with van der Waals surface area (Å²) in [4.78, 5) is 0. The lowest BCUT2D eigenvalue weighted by molar-refractivity contribution is 0.854. The molecule has 1 unspecified atom stereocenters. The Labute approximate surface area is 150 Å². The maximum atomic E-state index is 3.64. The van der Waals surface area contributed by atoms with Crippen molar-refractivity contribution in [3.8, 4) is 0 Å². The van der Waals surface area contributed by atoms with Crippen molar-refractivity contribution in [1.29, 1.82) is 0 Å². The minimum absolute atomic E-state index is 0.492. The van der Waals surface area contributed by atoms with Crippen LogP contribution in [0.2, 0.25) is 0 Å². The van der Waals surface area contributed by atoms with Crippen molar-refractivity contribution in [2.24, 2.45) is 0 Å². The summed E-state index contributed by atoms with van der Waals surface area (Å²) in [5.41, 5.74) is 6.44. The van der Waals surface area contributed by atoms with Crippen molar-refractivity contribution >= 4 is 11.3 Å². The second-order valence-electron chi connectivity index (χ2n) is 6.64. The van der Waals surface area contributed by atoms with E-state index in [1.54, 1.807) is 0 Å². The summed E-state index contributed by atoms with van der Waals surface area (Å²) in [6.07, 6.45) is 16.7. The van der Waals surface area contributed by atoms with Crippen LogP contribution in [0, 0.1) is 0 Å². The van der Waals surface area contributed by atoms with E-state index >= 15 is 0 Å². The second kappa shape index (κ2) is 7.40. The standard InChI is InChI=1S/C24H23N/c1-3-9-19(10-4-1)21-13-7-15-23(17-21)25-24-16-8-14-22(18-24)20-11-5-2-6-12-20/h1-7,9,11-15,17-19,25H,8,10,16H2. The van der Waals surface area contributed by atoms with E-state index in [4.69, 9.17) is 0 Å². The highest BCUT2D eigenvalue weighted by molar-refractivity contribution is 5.76. The summed E-state index contributed by atoms with van der Waals surface area (Å²) in [6, 6.07) is 19.4. The molecule has 0 aromatic heterocycles. The zero-order chi connectivity index (χ0) is 16.9. The third kappa shape index (κ3) is 3.83. The first-order valence-electron chi connectivity index (χ1n) is 9.05. The molecule has 1 nitrogen and oxygen atoms in total. The number of anilines is 1. The smallest absolute Gasteiger partial charge is 0.0384 e. The molecule has 1 atom stereocenters. The van der Waals surface area contributed by atoms with E-state index in [-0.39, 0.29) is 0 Å². The Balaban J connectivity index is 1.52. The monoisotopic (exact) mass is 325 g/mol. The second-order valence-corrected chi connectivity index (χ2v) is 6.64. The minimum atomic E-state index is 0.492. The summed E-state index contributed by atoms with van der Waals surface area (Å²) in [5.74, 6) is 0.492. The fourth-order valence-corrected chi connectivity index (χ4v) is 3.49. The van der Waals surface area contributed by atoms with E-state index in [0.29, 0.717) is 5.92 Å². The first kappa shape index (κ1) is 15.7. The van der Waals surface area contributed by atoms with Crippen molar-refractivity contribution in [2.75, 3.05) is 5.32 Å². The first-order valence-corrected chi connectivity index (χ1v) is 9.05. The minimum Gasteiger partial charge on any atom is -0.359 e. The summed E-state index contributed by atoms with van der Waals surface area (Å²) < 4.78 is 0. The molecule has 2 aromatic rings. The van der Waals surface area contributed by atoms with Gasteiger partial charge in [-0.1, -0.05) is 72.8 Å². The number of hydrogen-bond donors (Lipinski definition) is 1. The van der Waals surface area contributed by atoms with Gasteiger partial charge in [-0.25, -0.2) is 0 Å². The molecule has 0 aliphatic heterocycles. The molecule has 1 heteroatoms. The van der Waals surface area contributed by atoms with Crippen LogP contribution in [0.3, 0.4) is 0 Å². The summed E-state index contributed by atoms with van der Waals surface area (Å²) >= 11 is 0. The van der Waals surface area contributed by atoms with Crippen LogP contribution in [-0.2, 0) is 0 Å². The zero-order valence-electron chi connectivity index (χ0n) is 14.4. The molecule has 0 fully saturated rings. The Morgan fingerprint density at radius 3 is 2.68 bits per heavy atom. The Bertz CT molecular complexity index is 853. The van der Waals surface area contributed by atoms with Gasteiger partial charge in [0.2, 0.25) is 0 Å². The van der Waals surface area contributed by atoms with Crippen LogP contribution < -0.4 is 5.32 Å². The Kier molecular flexibility index (Phi) is 4.65. The first-order chi connectivity index (χ1) is 12.4. The average Bonchev–Trinajstić information content (AvgIpc) is 2.70. The van der Waals surface area contributed by atoms with Gasteiger partial charge in [-0.15, -0.1) is 0 Å². The fourth-order valence-electron chi connectivity index (χ4n) is 3.49. The van der Waals surface area contributed by atoms with Crippen LogP contribution in [0.25, 0.3) is 5.57 Å². The van der Waals surface area contributed by atoms with Crippen LogP contribution in [0.15, 0.2) is 96.8 Å². The topological polar surface area (TPSA) is 12.0 Å². The van der Waals surface area contributed by atoms with E-state index in [1.807, 2.05) is 0 Å². The van der Waals surface area contributed by atoms with Crippen molar-refractivity contribution in [2.45, 2.75) is 25.2 Å². The van der Waals surface area contributed by atoms with Gasteiger partial charge in [-0.3, -0.25) is 0 Å². The van der Waals surface area contributed by atoms with E-state index in [9.17, 15) is 0 Å². The van der Waals surface area contributed by atoms with Gasteiger partial charge in [0.05, 0.1) is 0 Å². The molecule has 4 rings (SSSR count). The van der Waals surface area contributed by atoms with Gasteiger partial charge in [0, 0.05) is 17.3 Å². The number of benzene rings is 2. The SMILES string of the molecule is C1=CCC(c2cccc(NC3=CC(c4ccccc4)=CCC3)c2)C=C1. The van der Waals surface area contributed by atoms with E-state index in [1.165, 1.54) is 28.1 Å². The number of rotatable bonds is 4. The highest BCUT2D eigenvalue weighted by Crippen LogP contribution is 2.29. The van der Waals surface area contributed by atoms with E-state index in [2.05, 4.69) is 96.4 Å². The average molecular weight is 325 g/mol. The third-order valence-electron chi connectivity index (χ3n) is 4.82. The lowest BCUT2D eigenvalue weighted by atomic mass is 9.92. The molecule has 0 bridgehead atoms. The lowest BCUT2D eigenvalue weighted by Crippen LogP contribution is -2.04. The van der Waals surface area contributed by atoms with Gasteiger partial charge in [0.1, 0.15) is 0 Å². The number of allylic oxidation sites excluding steroid dienone is 8. The van der Waals surface area contributed by atoms with Gasteiger partial charge in [0.25, 0.3) is 0 Å². The molecule has 0 saturated carbocycles. The quantitative estimate of drug-likeness (QED) is 0.680. The molecule has 124 valence electrons. The predicted molar refractivity (Wildman–Crippen MR) is 107 cm³/mol. The van der Waals surface area contributed by atoms with Crippen molar-refractivity contribution in [3.05, 3.63) is 108 Å². The van der Waals surface area contributed by atoms with Crippen molar-refractivity contribution in [3.63, 3.8) is 0 Å². The Hall–Kier alpha value is -2.80. The maximum absolute atomic E-state index is 3.64. The molecule has 1 N–H and O–H groups in total. The Morgan fingerprint density at radius 1 is 0.920 bits per heavy atom. The molecular formula is C24H23N. The fraction of sp³-hybridized carbons (Fsp3) is 0.167. The van der Waals surface area contributed by atoms with Crippen LogP contribution in [0.1, 0.15) is 36.3 Å². The molecule has 25 heavy (non-hydrogen) atoms. The molecule has 2 aliphatic carbocycles. The maximum Gasteiger partial charge on any atom is 0.0384 e. The third-order valence-corrected chi connectivity index (χ3v) is 4.82. The normalized spacial score (nSPS) is 19.3. The predicted octanol–water partition coefficient (Wildman–Crippen LogP) is 6.46. The highest BCUT2D eigenvalue weighted by atomic mass is 14.9. The molecule has 0 radical (unpaired) electrons. The molecule has 0 saturated heterocycles. The van der Waals surface area contributed by atoms with Gasteiger partial charge >= 0.3 is 0 Å². The molecule has 0 heterocycles. The molecule has 2 aromatic carbocycles. The zero-order valence-corrected chi connectivity index (χ0v) is 14.4. The number of hydrogen-bond acceptors (Lipinski definition) is 1. The van der Waals surface area contributed by atoms with Gasteiger partial charge < -0.3 is 5.32 Å². The largest absolute Gasteiger partial charge is 0.359 e. The molecule has 0 spiro atoms. The van der Waals surface area contributed by atoms with Crippen LogP contribution >= 0.6 is 0 Å². The van der Waals surface area contributed by atoms with Gasteiger partial charge in [-0.05, 0) is 54.2 Å². The van der Waals surface area contributed by atoms with Gasteiger partial charge in [0.15, 0.2) is 0 Å². The molecule has 0 amide bonds. The van der Waals surface area contributed by atoms with E-state index < -0.39 is 0 Å². The summed E-state index contributed by atoms with van der Waals surface area (Å²) in [7, 11) is 0. The Morgan fingerprint density at radius 2 is 1.84 bits per heavy atom. The lowest BCUT2D eigenvalue weighted by Gasteiger charge is -2.18.